The van der Waals surface area contributed by atoms with Crippen LogP contribution in [0.1, 0.15) is 39.5 Å². The molecule has 2 N–H and O–H groups in total. The van der Waals surface area contributed by atoms with Crippen molar-refractivity contribution in [2.75, 3.05) is 19.6 Å². The van der Waals surface area contributed by atoms with Crippen molar-refractivity contribution in [1.29, 1.82) is 0 Å². The first-order chi connectivity index (χ1) is 7.57. The van der Waals surface area contributed by atoms with Crippen molar-refractivity contribution in [3.05, 3.63) is 23.4 Å². The van der Waals surface area contributed by atoms with Crippen molar-refractivity contribution in [3.63, 3.8) is 0 Å². The Bertz CT molecular complexity index is 311. The molecule has 1 aliphatic carbocycles. The predicted molar refractivity (Wildman–Crippen MR) is 69.0 cm³/mol. The molecular weight excluding hydrogens is 196 g/mol. The SMILES string of the molecule is CC1=CC(N)=CC(C)(CCN2CCCC2)C1. The van der Waals surface area contributed by atoms with Crippen LogP contribution in [0.4, 0.5) is 0 Å². The van der Waals surface area contributed by atoms with Crippen molar-refractivity contribution in [1.82, 2.24) is 4.90 Å². The van der Waals surface area contributed by atoms with Gasteiger partial charge in [0.15, 0.2) is 0 Å². The zero-order valence-corrected chi connectivity index (χ0v) is 10.6. The minimum atomic E-state index is 0.283. The summed E-state index contributed by atoms with van der Waals surface area (Å²) in [6.07, 6.45) is 9.54. The van der Waals surface area contributed by atoms with Gasteiger partial charge < -0.3 is 10.6 Å². The van der Waals surface area contributed by atoms with E-state index in [2.05, 4.69) is 30.9 Å². The van der Waals surface area contributed by atoms with Crippen LogP contribution in [0, 0.1) is 5.41 Å². The van der Waals surface area contributed by atoms with Gasteiger partial charge in [-0.1, -0.05) is 18.6 Å². The first kappa shape index (κ1) is 11.7. The van der Waals surface area contributed by atoms with E-state index in [0.717, 1.165) is 5.70 Å². The molecule has 0 spiro atoms. The lowest BCUT2D eigenvalue weighted by molar-refractivity contribution is 0.268. The van der Waals surface area contributed by atoms with Crippen molar-refractivity contribution in [2.24, 2.45) is 11.1 Å². The highest BCUT2D eigenvalue weighted by Gasteiger charge is 2.26. The van der Waals surface area contributed by atoms with Gasteiger partial charge in [-0.25, -0.2) is 0 Å². The molecule has 0 radical (unpaired) electrons. The zero-order chi connectivity index (χ0) is 11.6. The maximum atomic E-state index is 5.96. The standard InChI is InChI=1S/C14H24N2/c1-12-9-13(15)11-14(2,10-12)5-8-16-6-3-4-7-16/h9,11H,3-8,10,15H2,1-2H3. The summed E-state index contributed by atoms with van der Waals surface area (Å²) >= 11 is 0. The number of rotatable bonds is 3. The van der Waals surface area contributed by atoms with Crippen LogP contribution in [0.25, 0.3) is 0 Å². The fourth-order valence-electron chi connectivity index (χ4n) is 3.05. The van der Waals surface area contributed by atoms with Gasteiger partial charge in [0.2, 0.25) is 0 Å². The molecule has 0 amide bonds. The second-order valence-electron chi connectivity index (χ2n) is 5.76. The lowest BCUT2D eigenvalue weighted by atomic mass is 9.77. The lowest BCUT2D eigenvalue weighted by Gasteiger charge is -2.31. The molecule has 2 aliphatic rings. The van der Waals surface area contributed by atoms with Crippen LogP contribution in [0.5, 0.6) is 0 Å². The Labute approximate surface area is 99.2 Å². The van der Waals surface area contributed by atoms with Crippen LogP contribution in [0.2, 0.25) is 0 Å². The highest BCUT2D eigenvalue weighted by molar-refractivity contribution is 5.28. The molecule has 2 rings (SSSR count). The molecule has 90 valence electrons. The Balaban J connectivity index is 1.90. The third-order valence-electron chi connectivity index (χ3n) is 3.81. The summed E-state index contributed by atoms with van der Waals surface area (Å²) in [6, 6.07) is 0. The quantitative estimate of drug-likeness (QED) is 0.792. The van der Waals surface area contributed by atoms with E-state index in [1.165, 1.54) is 50.9 Å². The van der Waals surface area contributed by atoms with Gasteiger partial charge in [0.1, 0.15) is 0 Å². The molecule has 1 atom stereocenters. The molecule has 0 aromatic heterocycles. The van der Waals surface area contributed by atoms with E-state index in [1.54, 1.807) is 0 Å². The van der Waals surface area contributed by atoms with Gasteiger partial charge in [0.25, 0.3) is 0 Å². The first-order valence-electron chi connectivity index (χ1n) is 6.45. The van der Waals surface area contributed by atoms with Crippen molar-refractivity contribution >= 4 is 0 Å². The summed E-state index contributed by atoms with van der Waals surface area (Å²) in [7, 11) is 0. The third kappa shape index (κ3) is 2.88. The smallest absolute Gasteiger partial charge is 0.0278 e. The summed E-state index contributed by atoms with van der Waals surface area (Å²) in [4.78, 5) is 2.59. The molecule has 16 heavy (non-hydrogen) atoms. The molecule has 0 bridgehead atoms. The summed E-state index contributed by atoms with van der Waals surface area (Å²) < 4.78 is 0. The van der Waals surface area contributed by atoms with Crippen molar-refractivity contribution in [3.8, 4) is 0 Å². The van der Waals surface area contributed by atoms with Gasteiger partial charge >= 0.3 is 0 Å². The number of nitrogens with two attached hydrogens (primary N) is 1. The number of hydrogen-bond donors (Lipinski definition) is 1. The average Bonchev–Trinajstić information content (AvgIpc) is 2.64. The van der Waals surface area contributed by atoms with Crippen LogP contribution in [-0.2, 0) is 0 Å². The molecule has 1 fully saturated rings. The third-order valence-corrected chi connectivity index (χ3v) is 3.81. The van der Waals surface area contributed by atoms with E-state index in [0.29, 0.717) is 0 Å². The number of likely N-dealkylation sites (tertiary alicyclic amines) is 1. The average molecular weight is 220 g/mol. The lowest BCUT2D eigenvalue weighted by Crippen LogP contribution is -2.28. The van der Waals surface area contributed by atoms with Gasteiger partial charge in [-0.2, -0.15) is 0 Å². The topological polar surface area (TPSA) is 29.3 Å². The zero-order valence-electron chi connectivity index (χ0n) is 10.6. The van der Waals surface area contributed by atoms with E-state index >= 15 is 0 Å². The Morgan fingerprint density at radius 2 is 2.06 bits per heavy atom. The van der Waals surface area contributed by atoms with Gasteiger partial charge in [-0.05, 0) is 63.7 Å². The number of nitrogens with zero attached hydrogens (tertiary/aromatic N) is 1. The highest BCUT2D eigenvalue weighted by Crippen LogP contribution is 2.36. The molecule has 1 aliphatic heterocycles. The van der Waals surface area contributed by atoms with E-state index < -0.39 is 0 Å². The van der Waals surface area contributed by atoms with Gasteiger partial charge in [-0.15, -0.1) is 0 Å². The molecule has 2 heteroatoms. The van der Waals surface area contributed by atoms with E-state index in [9.17, 15) is 0 Å². The van der Waals surface area contributed by atoms with E-state index in [1.807, 2.05) is 0 Å². The molecule has 2 nitrogen and oxygen atoms in total. The largest absolute Gasteiger partial charge is 0.399 e. The molecule has 1 heterocycles. The number of hydrogen-bond acceptors (Lipinski definition) is 2. The van der Waals surface area contributed by atoms with Crippen LogP contribution >= 0.6 is 0 Å². The Morgan fingerprint density at radius 3 is 2.69 bits per heavy atom. The minimum Gasteiger partial charge on any atom is -0.399 e. The summed E-state index contributed by atoms with van der Waals surface area (Å²) in [5.74, 6) is 0. The Morgan fingerprint density at radius 1 is 1.38 bits per heavy atom. The van der Waals surface area contributed by atoms with Crippen LogP contribution < -0.4 is 5.73 Å². The monoisotopic (exact) mass is 220 g/mol. The van der Waals surface area contributed by atoms with Crippen molar-refractivity contribution < 1.29 is 0 Å². The van der Waals surface area contributed by atoms with Crippen LogP contribution in [0.15, 0.2) is 23.4 Å². The first-order valence-corrected chi connectivity index (χ1v) is 6.45. The maximum Gasteiger partial charge on any atom is 0.0278 e. The van der Waals surface area contributed by atoms with Gasteiger partial charge in [-0.3, -0.25) is 0 Å². The second kappa shape index (κ2) is 4.62. The second-order valence-corrected chi connectivity index (χ2v) is 5.76. The molecule has 0 aromatic rings. The van der Waals surface area contributed by atoms with Gasteiger partial charge in [0, 0.05) is 5.70 Å². The number of allylic oxidation sites excluding steroid dienone is 3. The fraction of sp³-hybridized carbons (Fsp3) is 0.714. The summed E-state index contributed by atoms with van der Waals surface area (Å²) in [5.41, 5.74) is 8.61. The van der Waals surface area contributed by atoms with Crippen molar-refractivity contribution in [2.45, 2.75) is 39.5 Å². The van der Waals surface area contributed by atoms with Crippen LogP contribution in [-0.4, -0.2) is 24.5 Å². The summed E-state index contributed by atoms with van der Waals surface area (Å²) in [6.45, 7) is 8.35. The highest BCUT2D eigenvalue weighted by atomic mass is 15.1. The normalized spacial score (nSPS) is 31.4. The Kier molecular flexibility index (Phi) is 3.38. The Hall–Kier alpha value is -0.760. The predicted octanol–water partition coefficient (Wildman–Crippen LogP) is 2.67. The molecule has 0 saturated carbocycles. The van der Waals surface area contributed by atoms with E-state index in [-0.39, 0.29) is 5.41 Å². The molecule has 1 unspecified atom stereocenters. The maximum absolute atomic E-state index is 5.96. The minimum absolute atomic E-state index is 0.283. The van der Waals surface area contributed by atoms with Crippen LogP contribution in [0.3, 0.4) is 0 Å². The van der Waals surface area contributed by atoms with Gasteiger partial charge in [0.05, 0.1) is 0 Å². The molecule has 1 saturated heterocycles. The fourth-order valence-corrected chi connectivity index (χ4v) is 3.05. The van der Waals surface area contributed by atoms with E-state index in [4.69, 9.17) is 5.73 Å². The molecule has 0 aromatic carbocycles. The summed E-state index contributed by atoms with van der Waals surface area (Å²) in [5, 5.41) is 0. The molecular formula is C14H24N2.